The van der Waals surface area contributed by atoms with Crippen molar-refractivity contribution < 1.29 is 14.3 Å². The molecule has 1 aromatic carbocycles. The van der Waals surface area contributed by atoms with Crippen molar-refractivity contribution in [1.82, 2.24) is 15.1 Å². The van der Waals surface area contributed by atoms with Crippen LogP contribution in [0.4, 0.5) is 5.69 Å². The van der Waals surface area contributed by atoms with Crippen LogP contribution in [-0.2, 0) is 9.59 Å². The van der Waals surface area contributed by atoms with Gasteiger partial charge in [0.1, 0.15) is 5.75 Å². The highest BCUT2D eigenvalue weighted by Crippen LogP contribution is 2.31. The molecule has 28 heavy (non-hydrogen) atoms. The lowest BCUT2D eigenvalue weighted by atomic mass is 10.1. The Kier molecular flexibility index (Phi) is 6.80. The quantitative estimate of drug-likeness (QED) is 0.720. The van der Waals surface area contributed by atoms with Crippen LogP contribution in [0.5, 0.6) is 5.75 Å². The van der Waals surface area contributed by atoms with E-state index < -0.39 is 0 Å². The van der Waals surface area contributed by atoms with Crippen LogP contribution in [0.15, 0.2) is 12.1 Å². The average molecular weight is 409 g/mol. The number of aryl methyl sites for hydroxylation is 1. The van der Waals surface area contributed by atoms with E-state index in [9.17, 15) is 9.59 Å². The number of carbonyl (C=O) groups is 2. The van der Waals surface area contributed by atoms with E-state index in [-0.39, 0.29) is 17.9 Å². The maximum atomic E-state index is 12.7. The number of halogens is 1. The Labute approximate surface area is 171 Å². The molecular weight excluding hydrogens is 380 g/mol. The largest absolute Gasteiger partial charge is 0.495 e. The molecule has 1 aliphatic heterocycles. The molecule has 2 N–H and O–H groups in total. The van der Waals surface area contributed by atoms with E-state index in [0.717, 1.165) is 44.6 Å². The van der Waals surface area contributed by atoms with Crippen molar-refractivity contribution in [3.05, 3.63) is 22.7 Å². The number of hydrogen-bond acceptors (Lipinski definition) is 5. The molecule has 2 amide bonds. The number of carbonyl (C=O) groups excluding carboxylic acids is 2. The molecule has 1 heterocycles. The Morgan fingerprint density at radius 3 is 2.54 bits per heavy atom. The fourth-order valence-corrected chi connectivity index (χ4v) is 3.50. The number of nitrogens with one attached hydrogen (secondary N) is 2. The molecule has 7 nitrogen and oxygen atoms in total. The predicted octanol–water partition coefficient (Wildman–Crippen LogP) is 1.88. The van der Waals surface area contributed by atoms with E-state index in [0.29, 0.717) is 29.0 Å². The summed E-state index contributed by atoms with van der Waals surface area (Å²) >= 11 is 6.13. The zero-order valence-electron chi connectivity index (χ0n) is 16.8. The van der Waals surface area contributed by atoms with Crippen LogP contribution >= 0.6 is 11.6 Å². The van der Waals surface area contributed by atoms with Gasteiger partial charge in [0, 0.05) is 43.3 Å². The number of amides is 2. The van der Waals surface area contributed by atoms with E-state index in [4.69, 9.17) is 16.3 Å². The summed E-state index contributed by atoms with van der Waals surface area (Å²) in [6.07, 6.45) is 2.20. The minimum absolute atomic E-state index is 0.0834. The number of benzene rings is 1. The van der Waals surface area contributed by atoms with Gasteiger partial charge in [-0.2, -0.15) is 0 Å². The van der Waals surface area contributed by atoms with Crippen molar-refractivity contribution in [2.75, 3.05) is 45.2 Å². The van der Waals surface area contributed by atoms with Crippen LogP contribution < -0.4 is 15.4 Å². The zero-order valence-corrected chi connectivity index (χ0v) is 17.5. The number of anilines is 1. The number of hydrogen-bond donors (Lipinski definition) is 2. The van der Waals surface area contributed by atoms with Crippen LogP contribution in [0.2, 0.25) is 5.02 Å². The summed E-state index contributed by atoms with van der Waals surface area (Å²) < 4.78 is 5.33. The Morgan fingerprint density at radius 2 is 1.93 bits per heavy atom. The van der Waals surface area contributed by atoms with E-state index in [1.807, 2.05) is 19.9 Å². The van der Waals surface area contributed by atoms with Gasteiger partial charge in [-0.3, -0.25) is 19.4 Å². The molecule has 8 heteroatoms. The summed E-state index contributed by atoms with van der Waals surface area (Å²) in [5.41, 5.74) is 1.50. The fourth-order valence-electron chi connectivity index (χ4n) is 3.35. The molecule has 1 saturated carbocycles. The molecule has 1 saturated heterocycles. The lowest BCUT2D eigenvalue weighted by Crippen LogP contribution is -2.54. The molecule has 0 radical (unpaired) electrons. The average Bonchev–Trinajstić information content (AvgIpc) is 3.48. The topological polar surface area (TPSA) is 73.9 Å². The molecule has 0 bridgehead atoms. The van der Waals surface area contributed by atoms with Gasteiger partial charge in [0.15, 0.2) is 0 Å². The zero-order chi connectivity index (χ0) is 20.3. The minimum atomic E-state index is -0.275. The lowest BCUT2D eigenvalue weighted by Gasteiger charge is -2.37. The van der Waals surface area contributed by atoms with Crippen LogP contribution in [0.3, 0.4) is 0 Å². The molecule has 1 aliphatic carbocycles. The van der Waals surface area contributed by atoms with Gasteiger partial charge in [-0.05, 0) is 38.3 Å². The maximum absolute atomic E-state index is 12.7. The summed E-state index contributed by atoms with van der Waals surface area (Å²) in [5.74, 6) is 0.564. The summed E-state index contributed by atoms with van der Waals surface area (Å²) in [7, 11) is 1.55. The molecule has 1 atom stereocenters. The Bertz CT molecular complexity index is 730. The van der Waals surface area contributed by atoms with Crippen LogP contribution in [-0.4, -0.2) is 73.5 Å². The molecule has 0 spiro atoms. The Morgan fingerprint density at radius 1 is 1.25 bits per heavy atom. The highest BCUT2D eigenvalue weighted by Gasteiger charge is 2.28. The molecule has 2 fully saturated rings. The number of piperazine rings is 1. The second kappa shape index (κ2) is 9.11. The standard InChI is InChI=1S/C20H29ClN4O3/c1-13-10-17(18(28-3)11-16(13)21)23-20(27)14(2)25-8-6-24(7-9-25)12-19(26)22-15-4-5-15/h10-11,14-15H,4-9,12H2,1-3H3,(H,22,26)(H,23,27). The first kappa shape index (κ1) is 20.9. The van der Waals surface area contributed by atoms with Gasteiger partial charge in [0.25, 0.3) is 0 Å². The molecule has 154 valence electrons. The van der Waals surface area contributed by atoms with Gasteiger partial charge in [0.2, 0.25) is 11.8 Å². The van der Waals surface area contributed by atoms with Gasteiger partial charge in [-0.25, -0.2) is 0 Å². The molecule has 2 aliphatic rings. The SMILES string of the molecule is COc1cc(Cl)c(C)cc1NC(=O)C(C)N1CCN(CC(=O)NC2CC2)CC1. The van der Waals surface area contributed by atoms with Crippen LogP contribution in [0.1, 0.15) is 25.3 Å². The van der Waals surface area contributed by atoms with Crippen LogP contribution in [0, 0.1) is 6.92 Å². The normalized spacial score (nSPS) is 19.1. The summed E-state index contributed by atoms with van der Waals surface area (Å²) in [5, 5.41) is 6.58. The number of methoxy groups -OCH3 is 1. The second-order valence-corrected chi connectivity index (χ2v) is 8.03. The van der Waals surface area contributed by atoms with E-state index >= 15 is 0 Å². The monoisotopic (exact) mass is 408 g/mol. The number of rotatable bonds is 7. The highest BCUT2D eigenvalue weighted by atomic mass is 35.5. The van der Waals surface area contributed by atoms with Crippen molar-refractivity contribution in [1.29, 1.82) is 0 Å². The van der Waals surface area contributed by atoms with Crippen molar-refractivity contribution >= 4 is 29.1 Å². The Balaban J connectivity index is 1.50. The molecular formula is C20H29ClN4O3. The third-order valence-corrected chi connectivity index (χ3v) is 5.79. The lowest BCUT2D eigenvalue weighted by molar-refractivity contribution is -0.124. The van der Waals surface area contributed by atoms with Gasteiger partial charge >= 0.3 is 0 Å². The minimum Gasteiger partial charge on any atom is -0.495 e. The number of nitrogens with zero attached hydrogens (tertiary/aromatic N) is 2. The summed E-state index contributed by atoms with van der Waals surface area (Å²) in [4.78, 5) is 29.0. The van der Waals surface area contributed by atoms with Gasteiger partial charge in [-0.15, -0.1) is 0 Å². The van der Waals surface area contributed by atoms with Crippen molar-refractivity contribution in [3.63, 3.8) is 0 Å². The van der Waals surface area contributed by atoms with E-state index in [1.54, 1.807) is 13.2 Å². The maximum Gasteiger partial charge on any atom is 0.241 e. The first-order valence-corrected chi connectivity index (χ1v) is 10.2. The molecule has 1 aromatic rings. The number of ether oxygens (including phenoxy) is 1. The van der Waals surface area contributed by atoms with Gasteiger partial charge < -0.3 is 15.4 Å². The van der Waals surface area contributed by atoms with E-state index in [1.165, 1.54) is 0 Å². The summed E-state index contributed by atoms with van der Waals surface area (Å²) in [6, 6.07) is 3.65. The Hall–Kier alpha value is -1.83. The smallest absolute Gasteiger partial charge is 0.241 e. The summed E-state index contributed by atoms with van der Waals surface area (Å²) in [6.45, 7) is 7.29. The third kappa shape index (κ3) is 5.37. The first-order valence-electron chi connectivity index (χ1n) is 9.78. The second-order valence-electron chi connectivity index (χ2n) is 7.62. The molecule has 1 unspecified atom stereocenters. The van der Waals surface area contributed by atoms with E-state index in [2.05, 4.69) is 20.4 Å². The first-order chi connectivity index (χ1) is 13.4. The highest BCUT2D eigenvalue weighted by molar-refractivity contribution is 6.31. The van der Waals surface area contributed by atoms with Crippen LogP contribution in [0.25, 0.3) is 0 Å². The third-order valence-electron chi connectivity index (χ3n) is 5.38. The van der Waals surface area contributed by atoms with Gasteiger partial charge in [-0.1, -0.05) is 11.6 Å². The molecule has 3 rings (SSSR count). The van der Waals surface area contributed by atoms with Crippen molar-refractivity contribution in [2.45, 2.75) is 38.8 Å². The van der Waals surface area contributed by atoms with Gasteiger partial charge in [0.05, 0.1) is 25.4 Å². The van der Waals surface area contributed by atoms with Crippen molar-refractivity contribution in [2.24, 2.45) is 0 Å². The van der Waals surface area contributed by atoms with Crippen molar-refractivity contribution in [3.8, 4) is 5.75 Å². The predicted molar refractivity (Wildman–Crippen MR) is 110 cm³/mol. The molecule has 0 aromatic heterocycles. The fraction of sp³-hybridized carbons (Fsp3) is 0.600.